The summed E-state index contributed by atoms with van der Waals surface area (Å²) in [5, 5.41) is 11.5. The second-order valence-corrected chi connectivity index (χ2v) is 4.29. The maximum atomic E-state index is 13.8. The number of carbonyl (C=O) groups excluding carboxylic acids is 1. The van der Waals surface area contributed by atoms with Crippen LogP contribution < -0.4 is 5.32 Å². The van der Waals surface area contributed by atoms with Crippen molar-refractivity contribution in [2.24, 2.45) is 0 Å². The van der Waals surface area contributed by atoms with Crippen LogP contribution in [0.15, 0.2) is 36.4 Å². The zero-order valence-corrected chi connectivity index (χ0v) is 10.8. The van der Waals surface area contributed by atoms with E-state index >= 15 is 0 Å². The van der Waals surface area contributed by atoms with Gasteiger partial charge in [0.25, 0.3) is 5.91 Å². The van der Waals surface area contributed by atoms with Gasteiger partial charge in [-0.2, -0.15) is 0 Å². The summed E-state index contributed by atoms with van der Waals surface area (Å²) in [5.74, 6) is -2.61. The van der Waals surface area contributed by atoms with Crippen LogP contribution in [0.2, 0.25) is 0 Å². The molecule has 0 unspecified atom stereocenters. The number of amides is 1. The average molecular weight is 277 g/mol. The number of anilines is 1. The Labute approximate surface area is 114 Å². The number of rotatable bonds is 3. The first-order valence-corrected chi connectivity index (χ1v) is 6.09. The summed E-state index contributed by atoms with van der Waals surface area (Å²) in [4.78, 5) is 11.9. The second kappa shape index (κ2) is 5.69. The maximum Gasteiger partial charge on any atom is 0.261 e. The third-order valence-corrected chi connectivity index (χ3v) is 2.86. The third-order valence-electron chi connectivity index (χ3n) is 2.86. The molecule has 0 aliphatic carbocycles. The lowest BCUT2D eigenvalue weighted by atomic mass is 10.1. The largest absolute Gasteiger partial charge is 0.508 e. The SMILES string of the molecule is CCc1cc(F)c(C(=O)Nc2ccc(O)cc2)c(F)c1. The van der Waals surface area contributed by atoms with Crippen LogP contribution in [0.5, 0.6) is 5.75 Å². The minimum atomic E-state index is -0.891. The number of halogens is 2. The Bertz CT molecular complexity index is 616. The Morgan fingerprint density at radius 1 is 1.15 bits per heavy atom. The summed E-state index contributed by atoms with van der Waals surface area (Å²) >= 11 is 0. The van der Waals surface area contributed by atoms with Crippen LogP contribution in [0.25, 0.3) is 0 Å². The highest BCUT2D eigenvalue weighted by molar-refractivity contribution is 6.04. The number of benzene rings is 2. The smallest absolute Gasteiger partial charge is 0.261 e. The molecule has 0 radical (unpaired) electrons. The summed E-state index contributed by atoms with van der Waals surface area (Å²) in [5.41, 5.74) is 0.211. The highest BCUT2D eigenvalue weighted by atomic mass is 19.1. The van der Waals surface area contributed by atoms with Crippen LogP contribution in [0.3, 0.4) is 0 Å². The van der Waals surface area contributed by atoms with Crippen molar-refractivity contribution in [3.63, 3.8) is 0 Å². The molecular weight excluding hydrogens is 264 g/mol. The van der Waals surface area contributed by atoms with Crippen molar-refractivity contribution in [3.8, 4) is 5.75 Å². The van der Waals surface area contributed by atoms with Crippen LogP contribution >= 0.6 is 0 Å². The Hall–Kier alpha value is -2.43. The fourth-order valence-electron chi connectivity index (χ4n) is 1.79. The number of nitrogens with one attached hydrogen (secondary N) is 1. The van der Waals surface area contributed by atoms with Crippen molar-refractivity contribution < 1.29 is 18.7 Å². The van der Waals surface area contributed by atoms with Gasteiger partial charge in [0.05, 0.1) is 0 Å². The first kappa shape index (κ1) is 14.0. The minimum Gasteiger partial charge on any atom is -0.508 e. The van der Waals surface area contributed by atoms with Gasteiger partial charge in [0.1, 0.15) is 22.9 Å². The molecule has 0 aliphatic rings. The topological polar surface area (TPSA) is 49.3 Å². The van der Waals surface area contributed by atoms with Crippen LogP contribution in [0.4, 0.5) is 14.5 Å². The zero-order chi connectivity index (χ0) is 14.7. The fourth-order valence-corrected chi connectivity index (χ4v) is 1.79. The number of carbonyl (C=O) groups is 1. The molecule has 5 heteroatoms. The van der Waals surface area contributed by atoms with Crippen LogP contribution in [-0.4, -0.2) is 11.0 Å². The van der Waals surface area contributed by atoms with E-state index < -0.39 is 23.1 Å². The predicted octanol–water partition coefficient (Wildman–Crippen LogP) is 3.49. The summed E-state index contributed by atoms with van der Waals surface area (Å²) in [6.07, 6.45) is 0.480. The molecule has 0 atom stereocenters. The third kappa shape index (κ3) is 2.93. The molecule has 0 aliphatic heterocycles. The van der Waals surface area contributed by atoms with E-state index in [1.54, 1.807) is 6.92 Å². The van der Waals surface area contributed by atoms with Gasteiger partial charge in [-0.3, -0.25) is 4.79 Å². The molecule has 0 fully saturated rings. The van der Waals surface area contributed by atoms with Crippen molar-refractivity contribution in [1.29, 1.82) is 0 Å². The van der Waals surface area contributed by atoms with Crippen LogP contribution in [-0.2, 0) is 6.42 Å². The van der Waals surface area contributed by atoms with E-state index in [1.165, 1.54) is 24.3 Å². The van der Waals surface area contributed by atoms with Crippen molar-refractivity contribution in [3.05, 3.63) is 59.2 Å². The van der Waals surface area contributed by atoms with Gasteiger partial charge in [-0.1, -0.05) is 6.92 Å². The van der Waals surface area contributed by atoms with E-state index in [0.29, 0.717) is 17.7 Å². The summed E-state index contributed by atoms with van der Waals surface area (Å²) < 4.78 is 27.5. The number of hydrogen-bond acceptors (Lipinski definition) is 2. The van der Waals surface area contributed by atoms with E-state index in [9.17, 15) is 13.6 Å². The maximum absolute atomic E-state index is 13.8. The van der Waals surface area contributed by atoms with Gasteiger partial charge in [0.2, 0.25) is 0 Å². The number of phenols is 1. The zero-order valence-electron chi connectivity index (χ0n) is 10.8. The van der Waals surface area contributed by atoms with Gasteiger partial charge in [-0.05, 0) is 48.4 Å². The molecule has 0 aromatic heterocycles. The Balaban J connectivity index is 2.27. The summed E-state index contributed by atoms with van der Waals surface area (Å²) in [7, 11) is 0. The molecule has 1 amide bonds. The van der Waals surface area contributed by atoms with Gasteiger partial charge >= 0.3 is 0 Å². The molecule has 0 heterocycles. The van der Waals surface area contributed by atoms with E-state index in [0.717, 1.165) is 12.1 Å². The molecule has 3 nitrogen and oxygen atoms in total. The van der Waals surface area contributed by atoms with Crippen molar-refractivity contribution in [1.82, 2.24) is 0 Å². The predicted molar refractivity (Wildman–Crippen MR) is 71.8 cm³/mol. The molecule has 0 saturated carbocycles. The number of phenolic OH excluding ortho intramolecular Hbond substituents is 1. The van der Waals surface area contributed by atoms with Gasteiger partial charge in [0, 0.05) is 5.69 Å². The lowest BCUT2D eigenvalue weighted by molar-refractivity contribution is 0.101. The summed E-state index contributed by atoms with van der Waals surface area (Å²) in [6.45, 7) is 1.77. The molecule has 2 rings (SSSR count). The van der Waals surface area contributed by atoms with Crippen molar-refractivity contribution in [2.75, 3.05) is 5.32 Å². The lowest BCUT2D eigenvalue weighted by Crippen LogP contribution is -2.16. The molecule has 20 heavy (non-hydrogen) atoms. The molecular formula is C15H13F2NO2. The fraction of sp³-hybridized carbons (Fsp3) is 0.133. The summed E-state index contributed by atoms with van der Waals surface area (Å²) in [6, 6.07) is 7.89. The normalized spacial score (nSPS) is 10.3. The molecule has 0 saturated heterocycles. The van der Waals surface area contributed by atoms with Gasteiger partial charge in [-0.15, -0.1) is 0 Å². The Morgan fingerprint density at radius 2 is 1.70 bits per heavy atom. The van der Waals surface area contributed by atoms with Gasteiger partial charge < -0.3 is 10.4 Å². The highest BCUT2D eigenvalue weighted by Crippen LogP contribution is 2.19. The lowest BCUT2D eigenvalue weighted by Gasteiger charge is -2.08. The number of aryl methyl sites for hydroxylation is 1. The monoisotopic (exact) mass is 277 g/mol. The van der Waals surface area contributed by atoms with E-state index in [1.807, 2.05) is 0 Å². The second-order valence-electron chi connectivity index (χ2n) is 4.29. The molecule has 0 spiro atoms. The number of hydrogen-bond donors (Lipinski definition) is 2. The standard InChI is InChI=1S/C15H13F2NO2/c1-2-9-7-12(16)14(13(17)8-9)15(20)18-10-3-5-11(19)6-4-10/h3-8,19H,2H2,1H3,(H,18,20). The van der Waals surface area contributed by atoms with Crippen molar-refractivity contribution in [2.45, 2.75) is 13.3 Å². The van der Waals surface area contributed by atoms with E-state index in [4.69, 9.17) is 5.11 Å². The first-order chi connectivity index (χ1) is 9.51. The molecule has 0 bridgehead atoms. The van der Waals surface area contributed by atoms with Crippen LogP contribution in [0.1, 0.15) is 22.8 Å². The molecule has 104 valence electrons. The van der Waals surface area contributed by atoms with Gasteiger partial charge in [-0.25, -0.2) is 8.78 Å². The molecule has 2 aromatic carbocycles. The van der Waals surface area contributed by atoms with Crippen LogP contribution in [0, 0.1) is 11.6 Å². The average Bonchev–Trinajstić information content (AvgIpc) is 2.40. The van der Waals surface area contributed by atoms with Gasteiger partial charge in [0.15, 0.2) is 0 Å². The van der Waals surface area contributed by atoms with E-state index in [2.05, 4.69) is 5.32 Å². The molecule has 2 N–H and O–H groups in total. The molecule has 2 aromatic rings. The highest BCUT2D eigenvalue weighted by Gasteiger charge is 2.18. The number of aromatic hydroxyl groups is 1. The Kier molecular flexibility index (Phi) is 3.98. The van der Waals surface area contributed by atoms with E-state index in [-0.39, 0.29) is 5.75 Å². The Morgan fingerprint density at radius 3 is 2.20 bits per heavy atom. The quantitative estimate of drug-likeness (QED) is 0.844. The van der Waals surface area contributed by atoms with Crippen molar-refractivity contribution >= 4 is 11.6 Å². The minimum absolute atomic E-state index is 0.0349. The first-order valence-electron chi connectivity index (χ1n) is 6.09.